The summed E-state index contributed by atoms with van der Waals surface area (Å²) in [5, 5.41) is 2.96. The van der Waals surface area contributed by atoms with E-state index in [0.717, 1.165) is 21.5 Å². The highest BCUT2D eigenvalue weighted by Crippen LogP contribution is 2.28. The van der Waals surface area contributed by atoms with E-state index >= 15 is 0 Å². The summed E-state index contributed by atoms with van der Waals surface area (Å²) in [6.45, 7) is 1.91. The van der Waals surface area contributed by atoms with Gasteiger partial charge in [0.25, 0.3) is 0 Å². The predicted molar refractivity (Wildman–Crippen MR) is 101 cm³/mol. The van der Waals surface area contributed by atoms with Gasteiger partial charge in [0.2, 0.25) is 5.91 Å². The van der Waals surface area contributed by atoms with Gasteiger partial charge in [-0.2, -0.15) is 0 Å². The molecule has 3 rings (SSSR count). The highest BCUT2D eigenvalue weighted by atomic mass is 32.1. The van der Waals surface area contributed by atoms with Gasteiger partial charge in [-0.05, 0) is 42.3 Å². The molecular formula is C19H20N2O3S. The first-order valence-corrected chi connectivity index (χ1v) is 8.83. The molecule has 6 heteroatoms. The van der Waals surface area contributed by atoms with Crippen LogP contribution in [0.15, 0.2) is 41.9 Å². The van der Waals surface area contributed by atoms with E-state index in [4.69, 9.17) is 9.47 Å². The maximum absolute atomic E-state index is 12.5. The average Bonchev–Trinajstić information content (AvgIpc) is 3.09. The molecule has 1 aromatic heterocycles. The fourth-order valence-corrected chi connectivity index (χ4v) is 3.31. The van der Waals surface area contributed by atoms with Crippen LogP contribution in [0.4, 0.5) is 5.69 Å². The number of aromatic nitrogens is 1. The van der Waals surface area contributed by atoms with Crippen LogP contribution in [0.5, 0.6) is 11.5 Å². The number of nitrogens with zero attached hydrogens (tertiary/aromatic N) is 1. The maximum atomic E-state index is 12.5. The van der Waals surface area contributed by atoms with Crippen molar-refractivity contribution in [2.75, 3.05) is 19.5 Å². The molecule has 1 amide bonds. The SMILES string of the molecule is COc1ccc(CC(C)C(=O)Nc2ccc3scnc3c2)cc1OC. The van der Waals surface area contributed by atoms with Crippen LogP contribution in [-0.4, -0.2) is 25.1 Å². The third kappa shape index (κ3) is 3.91. The number of amides is 1. The van der Waals surface area contributed by atoms with E-state index in [2.05, 4.69) is 10.3 Å². The van der Waals surface area contributed by atoms with Crippen LogP contribution in [0, 0.1) is 5.92 Å². The Morgan fingerprint density at radius 2 is 1.96 bits per heavy atom. The first kappa shape index (κ1) is 17.2. The molecule has 0 aliphatic heterocycles. The second kappa shape index (κ2) is 7.53. The molecule has 3 aromatic rings. The highest BCUT2D eigenvalue weighted by molar-refractivity contribution is 7.16. The molecule has 1 unspecified atom stereocenters. The lowest BCUT2D eigenvalue weighted by Gasteiger charge is -2.14. The van der Waals surface area contributed by atoms with Crippen molar-refractivity contribution in [3.8, 4) is 11.5 Å². The first-order chi connectivity index (χ1) is 12.1. The largest absolute Gasteiger partial charge is 0.493 e. The van der Waals surface area contributed by atoms with E-state index in [1.807, 2.05) is 43.3 Å². The van der Waals surface area contributed by atoms with Gasteiger partial charge in [0.1, 0.15) is 0 Å². The number of hydrogen-bond donors (Lipinski definition) is 1. The molecule has 2 aromatic carbocycles. The van der Waals surface area contributed by atoms with Gasteiger partial charge < -0.3 is 14.8 Å². The second-order valence-corrected chi connectivity index (χ2v) is 6.70. The van der Waals surface area contributed by atoms with Crippen LogP contribution in [0.1, 0.15) is 12.5 Å². The number of anilines is 1. The Labute approximate surface area is 150 Å². The third-order valence-corrected chi connectivity index (χ3v) is 4.85. The van der Waals surface area contributed by atoms with Gasteiger partial charge in [-0.15, -0.1) is 11.3 Å². The van der Waals surface area contributed by atoms with E-state index in [1.54, 1.807) is 31.1 Å². The molecule has 5 nitrogen and oxygen atoms in total. The van der Waals surface area contributed by atoms with Gasteiger partial charge in [-0.1, -0.05) is 13.0 Å². The molecule has 1 atom stereocenters. The summed E-state index contributed by atoms with van der Waals surface area (Å²) < 4.78 is 11.7. The van der Waals surface area contributed by atoms with Crippen molar-refractivity contribution in [3.63, 3.8) is 0 Å². The summed E-state index contributed by atoms with van der Waals surface area (Å²) in [7, 11) is 3.21. The number of carbonyl (C=O) groups excluding carboxylic acids is 1. The maximum Gasteiger partial charge on any atom is 0.227 e. The van der Waals surface area contributed by atoms with Gasteiger partial charge in [0.15, 0.2) is 11.5 Å². The number of carbonyl (C=O) groups is 1. The van der Waals surface area contributed by atoms with Crippen molar-refractivity contribution in [1.29, 1.82) is 0 Å². The Morgan fingerprint density at radius 3 is 2.72 bits per heavy atom. The number of thiazole rings is 1. The second-order valence-electron chi connectivity index (χ2n) is 5.82. The van der Waals surface area contributed by atoms with Crippen LogP contribution >= 0.6 is 11.3 Å². The zero-order valence-electron chi connectivity index (χ0n) is 14.4. The molecule has 0 spiro atoms. The molecule has 0 aliphatic carbocycles. The topological polar surface area (TPSA) is 60.5 Å². The number of ether oxygens (including phenoxy) is 2. The fourth-order valence-electron chi connectivity index (χ4n) is 2.65. The number of fused-ring (bicyclic) bond motifs is 1. The monoisotopic (exact) mass is 356 g/mol. The highest BCUT2D eigenvalue weighted by Gasteiger charge is 2.15. The molecule has 130 valence electrons. The molecular weight excluding hydrogens is 336 g/mol. The number of methoxy groups -OCH3 is 2. The number of rotatable bonds is 6. The van der Waals surface area contributed by atoms with Crippen LogP contribution in [0.3, 0.4) is 0 Å². The summed E-state index contributed by atoms with van der Waals surface area (Å²) >= 11 is 1.58. The Bertz CT molecular complexity index is 891. The molecule has 1 heterocycles. The predicted octanol–water partition coefficient (Wildman–Crippen LogP) is 4.13. The summed E-state index contributed by atoms with van der Waals surface area (Å²) in [4.78, 5) is 16.8. The van der Waals surface area contributed by atoms with Crippen molar-refractivity contribution in [2.45, 2.75) is 13.3 Å². The summed E-state index contributed by atoms with van der Waals surface area (Å²) in [6.07, 6.45) is 0.616. The Kier molecular flexibility index (Phi) is 5.19. The minimum Gasteiger partial charge on any atom is -0.493 e. The zero-order chi connectivity index (χ0) is 17.8. The Hall–Kier alpha value is -2.60. The lowest BCUT2D eigenvalue weighted by molar-refractivity contribution is -0.119. The summed E-state index contributed by atoms with van der Waals surface area (Å²) in [6, 6.07) is 11.5. The molecule has 1 N–H and O–H groups in total. The van der Waals surface area contributed by atoms with Crippen LogP contribution in [0.25, 0.3) is 10.2 Å². The third-order valence-electron chi connectivity index (χ3n) is 4.04. The first-order valence-electron chi connectivity index (χ1n) is 7.95. The Morgan fingerprint density at radius 1 is 1.16 bits per heavy atom. The summed E-state index contributed by atoms with van der Waals surface area (Å²) in [5.41, 5.74) is 4.49. The van der Waals surface area contributed by atoms with E-state index in [1.165, 1.54) is 0 Å². The van der Waals surface area contributed by atoms with Crippen molar-refractivity contribution in [3.05, 3.63) is 47.5 Å². The normalized spacial score (nSPS) is 12.0. The molecule has 25 heavy (non-hydrogen) atoms. The van der Waals surface area contributed by atoms with E-state index < -0.39 is 0 Å². The minimum atomic E-state index is -0.177. The van der Waals surface area contributed by atoms with Crippen LogP contribution in [-0.2, 0) is 11.2 Å². The summed E-state index contributed by atoms with van der Waals surface area (Å²) in [5.74, 6) is 1.15. The molecule has 0 radical (unpaired) electrons. The van der Waals surface area contributed by atoms with E-state index in [0.29, 0.717) is 17.9 Å². The number of hydrogen-bond acceptors (Lipinski definition) is 5. The molecule has 0 bridgehead atoms. The van der Waals surface area contributed by atoms with Gasteiger partial charge in [-0.25, -0.2) is 4.98 Å². The van der Waals surface area contributed by atoms with Crippen molar-refractivity contribution in [1.82, 2.24) is 4.98 Å². The van der Waals surface area contributed by atoms with Crippen molar-refractivity contribution in [2.24, 2.45) is 5.92 Å². The van der Waals surface area contributed by atoms with Crippen LogP contribution in [0.2, 0.25) is 0 Å². The number of benzene rings is 2. The van der Waals surface area contributed by atoms with Gasteiger partial charge >= 0.3 is 0 Å². The van der Waals surface area contributed by atoms with Crippen molar-refractivity contribution < 1.29 is 14.3 Å². The lowest BCUT2D eigenvalue weighted by atomic mass is 10.00. The fraction of sp³-hybridized carbons (Fsp3) is 0.263. The zero-order valence-corrected chi connectivity index (χ0v) is 15.2. The van der Waals surface area contributed by atoms with Gasteiger partial charge in [0, 0.05) is 11.6 Å². The van der Waals surface area contributed by atoms with Crippen molar-refractivity contribution >= 4 is 33.1 Å². The molecule has 0 fully saturated rings. The quantitative estimate of drug-likeness (QED) is 0.721. The number of nitrogens with one attached hydrogen (secondary N) is 1. The standard InChI is InChI=1S/C19H20N2O3S/c1-12(8-13-4-6-16(23-2)17(9-13)24-3)19(22)21-14-5-7-18-15(10-14)20-11-25-18/h4-7,9-12H,8H2,1-3H3,(H,21,22). The molecule has 0 saturated heterocycles. The Balaban J connectivity index is 1.67. The van der Waals surface area contributed by atoms with E-state index in [9.17, 15) is 4.79 Å². The smallest absolute Gasteiger partial charge is 0.227 e. The van der Waals surface area contributed by atoms with Gasteiger partial charge in [0.05, 0.1) is 29.9 Å². The molecule has 0 aliphatic rings. The average molecular weight is 356 g/mol. The lowest BCUT2D eigenvalue weighted by Crippen LogP contribution is -2.22. The molecule has 0 saturated carbocycles. The van der Waals surface area contributed by atoms with Gasteiger partial charge in [-0.3, -0.25) is 4.79 Å². The van der Waals surface area contributed by atoms with Crippen LogP contribution < -0.4 is 14.8 Å². The van der Waals surface area contributed by atoms with E-state index in [-0.39, 0.29) is 11.8 Å². The minimum absolute atomic E-state index is 0.0237.